The molecule has 0 radical (unpaired) electrons. The van der Waals surface area contributed by atoms with E-state index in [9.17, 15) is 0 Å². The summed E-state index contributed by atoms with van der Waals surface area (Å²) in [6.07, 6.45) is 2.33. The lowest BCUT2D eigenvalue weighted by molar-refractivity contribution is -0.542. The molecule has 0 saturated carbocycles. The first-order valence-electron chi connectivity index (χ1n) is 10.7. The van der Waals surface area contributed by atoms with E-state index in [2.05, 4.69) is 113 Å². The van der Waals surface area contributed by atoms with Gasteiger partial charge >= 0.3 is 0 Å². The van der Waals surface area contributed by atoms with Gasteiger partial charge in [0.15, 0.2) is 0 Å². The Bertz CT molecular complexity index is 912. The van der Waals surface area contributed by atoms with E-state index in [4.69, 9.17) is 0 Å². The summed E-state index contributed by atoms with van der Waals surface area (Å²) in [5, 5.41) is 0. The monoisotopic (exact) mass is 410 g/mol. The van der Waals surface area contributed by atoms with E-state index in [0.717, 1.165) is 0 Å². The molecule has 29 heavy (non-hydrogen) atoms. The van der Waals surface area contributed by atoms with Crippen molar-refractivity contribution < 1.29 is 4.33 Å². The van der Waals surface area contributed by atoms with Crippen LogP contribution in [0.25, 0.3) is 11.4 Å². The Kier molecular flexibility index (Phi) is 6.13. The molecule has 0 unspecified atom stereocenters. The van der Waals surface area contributed by atoms with Crippen molar-refractivity contribution in [2.75, 3.05) is 4.67 Å². The fourth-order valence-corrected chi connectivity index (χ4v) is 7.55. The summed E-state index contributed by atoms with van der Waals surface area (Å²) in [6.45, 7) is 22.6. The number of hydrogen-bond donors (Lipinski definition) is 0. The molecule has 0 spiro atoms. The molecule has 4 heteroatoms. The second-order valence-electron chi connectivity index (χ2n) is 9.14. The van der Waals surface area contributed by atoms with Crippen LogP contribution in [0.15, 0.2) is 30.6 Å². The largest absolute Gasteiger partial charge is 0.251 e. The van der Waals surface area contributed by atoms with Gasteiger partial charge in [-0.1, -0.05) is 35.4 Å². The Morgan fingerprint density at radius 2 is 1.14 bits per heavy atom. The van der Waals surface area contributed by atoms with Crippen LogP contribution in [0.3, 0.4) is 0 Å². The van der Waals surface area contributed by atoms with Gasteiger partial charge in [-0.15, -0.1) is 0 Å². The van der Waals surface area contributed by atoms with Gasteiger partial charge in [0.2, 0.25) is 6.33 Å². The first-order chi connectivity index (χ1) is 13.5. The van der Waals surface area contributed by atoms with Gasteiger partial charge in [0, 0.05) is 12.1 Å². The number of aromatic nitrogens is 2. The molecule has 3 rings (SSSR count). The number of hydrogen-bond acceptors (Lipinski definition) is 1. The molecule has 0 saturated heterocycles. The molecule has 1 aromatic heterocycles. The molecule has 3 nitrogen and oxygen atoms in total. The van der Waals surface area contributed by atoms with E-state index in [-0.39, 0.29) is 0 Å². The minimum Gasteiger partial charge on any atom is -0.204 e. The van der Waals surface area contributed by atoms with Gasteiger partial charge in [-0.2, -0.15) is 8.66 Å². The van der Waals surface area contributed by atoms with Crippen LogP contribution in [0.4, 0.5) is 0 Å². The second kappa shape index (κ2) is 8.13. The zero-order chi connectivity index (χ0) is 21.6. The highest BCUT2D eigenvalue weighted by molar-refractivity contribution is 7.41. The smallest absolute Gasteiger partial charge is 0.204 e. The Labute approximate surface area is 178 Å². The van der Waals surface area contributed by atoms with E-state index >= 15 is 0 Å². The van der Waals surface area contributed by atoms with Crippen molar-refractivity contribution in [1.82, 2.24) is 4.33 Å². The number of rotatable bonds is 5. The predicted octanol–water partition coefficient (Wildman–Crippen LogP) is 6.35. The number of nitrogens with zero attached hydrogens (tertiary/aromatic N) is 3. The minimum absolute atomic E-state index is 0.469. The van der Waals surface area contributed by atoms with Crippen molar-refractivity contribution in [2.24, 2.45) is 0 Å². The van der Waals surface area contributed by atoms with E-state index in [1.54, 1.807) is 0 Å². The van der Waals surface area contributed by atoms with Gasteiger partial charge in [0.1, 0.15) is 11.4 Å². The molecule has 0 aliphatic rings. The summed E-state index contributed by atoms with van der Waals surface area (Å²) in [6, 6.07) is 10.2. The van der Waals surface area contributed by atoms with Crippen molar-refractivity contribution in [3.63, 3.8) is 0 Å². The first-order valence-corrected chi connectivity index (χ1v) is 11.9. The lowest BCUT2D eigenvalue weighted by Crippen LogP contribution is -2.49. The molecule has 0 N–H and O–H groups in total. The third kappa shape index (κ3) is 3.96. The lowest BCUT2D eigenvalue weighted by atomic mass is 10.1. The molecule has 0 bridgehead atoms. The predicted molar refractivity (Wildman–Crippen MR) is 127 cm³/mol. The molecule has 1 heterocycles. The maximum absolute atomic E-state index is 2.67. The van der Waals surface area contributed by atoms with Crippen molar-refractivity contribution in [3.05, 3.63) is 64.0 Å². The zero-order valence-electron chi connectivity index (χ0n) is 19.8. The molecule has 2 aromatic carbocycles. The molecular weight excluding hydrogens is 373 g/mol. The Balaban J connectivity index is 2.31. The van der Waals surface area contributed by atoms with Crippen molar-refractivity contribution >= 4 is 8.00 Å². The molecule has 0 atom stereocenters. The highest BCUT2D eigenvalue weighted by atomic mass is 31.1. The van der Waals surface area contributed by atoms with Crippen molar-refractivity contribution in [3.8, 4) is 11.4 Å². The molecule has 0 amide bonds. The van der Waals surface area contributed by atoms with E-state index in [0.29, 0.717) is 12.1 Å². The van der Waals surface area contributed by atoms with Gasteiger partial charge in [0.25, 0.3) is 8.00 Å². The van der Waals surface area contributed by atoms with Gasteiger partial charge in [-0.3, -0.25) is 0 Å². The molecule has 3 aromatic rings. The van der Waals surface area contributed by atoms with Crippen LogP contribution in [0, 0.1) is 41.5 Å². The normalized spacial score (nSPS) is 12.7. The minimum atomic E-state index is -0.659. The fourth-order valence-electron chi connectivity index (χ4n) is 4.85. The van der Waals surface area contributed by atoms with Gasteiger partial charge < -0.3 is 0 Å². The summed E-state index contributed by atoms with van der Waals surface area (Å²) in [5.74, 6) is 0. The molecule has 0 aliphatic carbocycles. The fraction of sp³-hybridized carbons (Fsp3) is 0.480. The Morgan fingerprint density at radius 3 is 1.55 bits per heavy atom. The Morgan fingerprint density at radius 1 is 0.724 bits per heavy atom. The Hall–Kier alpha value is -1.83. The highest BCUT2D eigenvalue weighted by Gasteiger charge is 2.33. The zero-order valence-corrected chi connectivity index (χ0v) is 20.7. The summed E-state index contributed by atoms with van der Waals surface area (Å²) in [4.78, 5) is 0. The standard InChI is InChI=1S/C25H37N3P/c1-16(2)28(17(3)4)29-26(24-20(7)11-18(5)12-21(24)8)15-27(29)25-22(9)13-19(6)14-23(25)10/h11-17H,1-10H3/q+1. The molecule has 156 valence electrons. The summed E-state index contributed by atoms with van der Waals surface area (Å²) < 4.78 is 7.75. The first kappa shape index (κ1) is 21.9. The van der Waals surface area contributed by atoms with Crippen LogP contribution in [0.2, 0.25) is 0 Å². The van der Waals surface area contributed by atoms with Crippen LogP contribution >= 0.6 is 8.00 Å². The molecular formula is C25H37N3P+. The SMILES string of the molecule is Cc1cc(C)c(-n2c[n+](-c3c(C)cc(C)cc3C)p2N(C(C)C)C(C)C)c(C)c1. The maximum atomic E-state index is 2.67. The van der Waals surface area contributed by atoms with Crippen LogP contribution in [-0.4, -0.2) is 16.4 Å². The average molecular weight is 411 g/mol. The van der Waals surface area contributed by atoms with E-state index in [1.165, 1.54) is 44.8 Å². The highest BCUT2D eigenvalue weighted by Crippen LogP contribution is 2.38. The summed E-state index contributed by atoms with van der Waals surface area (Å²) in [5.41, 5.74) is 10.8. The summed E-state index contributed by atoms with van der Waals surface area (Å²) >= 11 is 0. The van der Waals surface area contributed by atoms with Gasteiger partial charge in [-0.05, 0) is 91.5 Å². The number of aryl methyl sites for hydroxylation is 6. The lowest BCUT2D eigenvalue weighted by Gasteiger charge is -2.34. The molecule has 0 aliphatic heterocycles. The van der Waals surface area contributed by atoms with E-state index < -0.39 is 8.00 Å². The van der Waals surface area contributed by atoms with Crippen LogP contribution < -0.4 is 9.00 Å². The molecule has 0 fully saturated rings. The topological polar surface area (TPSA) is 12.0 Å². The van der Waals surface area contributed by atoms with Gasteiger partial charge in [-0.25, -0.2) is 4.67 Å². The van der Waals surface area contributed by atoms with Crippen LogP contribution in [0.5, 0.6) is 0 Å². The van der Waals surface area contributed by atoms with Crippen LogP contribution in [0.1, 0.15) is 61.1 Å². The van der Waals surface area contributed by atoms with Crippen molar-refractivity contribution in [1.29, 1.82) is 0 Å². The van der Waals surface area contributed by atoms with E-state index in [1.807, 2.05) is 0 Å². The summed E-state index contributed by atoms with van der Waals surface area (Å²) in [7, 11) is -0.659. The second-order valence-corrected chi connectivity index (χ2v) is 11.0. The van der Waals surface area contributed by atoms with Crippen LogP contribution in [-0.2, 0) is 0 Å². The average Bonchev–Trinajstić information content (AvgIpc) is 2.54. The van der Waals surface area contributed by atoms with Gasteiger partial charge in [0.05, 0.1) is 0 Å². The third-order valence-corrected chi connectivity index (χ3v) is 8.31. The maximum Gasteiger partial charge on any atom is 0.251 e. The third-order valence-electron chi connectivity index (χ3n) is 5.60. The quantitative estimate of drug-likeness (QED) is 0.477. The van der Waals surface area contributed by atoms with Crippen molar-refractivity contribution in [2.45, 2.75) is 81.3 Å². The number of benzene rings is 2.